The van der Waals surface area contributed by atoms with Gasteiger partial charge in [0.2, 0.25) is 0 Å². The zero-order valence-corrected chi connectivity index (χ0v) is 16.3. The summed E-state index contributed by atoms with van der Waals surface area (Å²) in [6.45, 7) is 3.93. The molecule has 1 aliphatic rings. The SMILES string of the molecule is CC(C)Nc1ccc(-c2ccn3c(CC4CC4)nnc3c2C(F)(F)F)cc1Cl. The van der Waals surface area contributed by atoms with E-state index in [9.17, 15) is 13.2 Å². The first-order valence-electron chi connectivity index (χ1n) is 9.24. The Labute approximate surface area is 165 Å². The van der Waals surface area contributed by atoms with E-state index in [2.05, 4.69) is 15.5 Å². The molecule has 28 heavy (non-hydrogen) atoms. The topological polar surface area (TPSA) is 42.2 Å². The molecule has 3 aromatic rings. The summed E-state index contributed by atoms with van der Waals surface area (Å²) in [7, 11) is 0. The van der Waals surface area contributed by atoms with Gasteiger partial charge < -0.3 is 5.32 Å². The van der Waals surface area contributed by atoms with Crippen molar-refractivity contribution in [2.24, 2.45) is 5.92 Å². The third-order valence-corrected chi connectivity index (χ3v) is 5.14. The molecule has 0 amide bonds. The summed E-state index contributed by atoms with van der Waals surface area (Å²) in [5.41, 5.74) is 0.167. The number of anilines is 1. The number of nitrogens with one attached hydrogen (secondary N) is 1. The maximum Gasteiger partial charge on any atom is 0.420 e. The lowest BCUT2D eigenvalue weighted by Crippen LogP contribution is -2.11. The van der Waals surface area contributed by atoms with Gasteiger partial charge in [-0.15, -0.1) is 10.2 Å². The minimum Gasteiger partial charge on any atom is -0.382 e. The third kappa shape index (κ3) is 3.68. The van der Waals surface area contributed by atoms with E-state index in [1.54, 1.807) is 24.4 Å². The highest BCUT2D eigenvalue weighted by molar-refractivity contribution is 6.33. The van der Waals surface area contributed by atoms with Crippen LogP contribution in [0.15, 0.2) is 30.5 Å². The van der Waals surface area contributed by atoms with E-state index in [0.717, 1.165) is 12.8 Å². The van der Waals surface area contributed by atoms with Gasteiger partial charge in [0, 0.05) is 18.7 Å². The second-order valence-corrected chi connectivity index (χ2v) is 7.96. The van der Waals surface area contributed by atoms with Gasteiger partial charge in [-0.05, 0) is 61.9 Å². The summed E-state index contributed by atoms with van der Waals surface area (Å²) < 4.78 is 43.4. The highest BCUT2D eigenvalue weighted by atomic mass is 35.5. The zero-order valence-electron chi connectivity index (χ0n) is 15.5. The quantitative estimate of drug-likeness (QED) is 0.576. The number of benzene rings is 1. The van der Waals surface area contributed by atoms with Crippen LogP contribution < -0.4 is 5.32 Å². The van der Waals surface area contributed by atoms with Crippen LogP contribution in [-0.4, -0.2) is 20.6 Å². The maximum atomic E-state index is 14.0. The number of halogens is 4. The van der Waals surface area contributed by atoms with Crippen molar-refractivity contribution >= 4 is 22.9 Å². The summed E-state index contributed by atoms with van der Waals surface area (Å²) in [5.74, 6) is 1.07. The molecule has 2 aromatic heterocycles. The van der Waals surface area contributed by atoms with Crippen molar-refractivity contribution in [3.63, 3.8) is 0 Å². The molecule has 1 aromatic carbocycles. The number of pyridine rings is 1. The van der Waals surface area contributed by atoms with Crippen LogP contribution in [0.25, 0.3) is 16.8 Å². The molecular formula is C20H20ClF3N4. The number of alkyl halides is 3. The smallest absolute Gasteiger partial charge is 0.382 e. The van der Waals surface area contributed by atoms with E-state index >= 15 is 0 Å². The number of hydrogen-bond donors (Lipinski definition) is 1. The van der Waals surface area contributed by atoms with E-state index < -0.39 is 11.7 Å². The van der Waals surface area contributed by atoms with Gasteiger partial charge in [-0.2, -0.15) is 13.2 Å². The number of nitrogens with zero attached hydrogens (tertiary/aromatic N) is 3. The van der Waals surface area contributed by atoms with Gasteiger partial charge in [0.25, 0.3) is 0 Å². The summed E-state index contributed by atoms with van der Waals surface area (Å²) in [5, 5.41) is 11.4. The van der Waals surface area contributed by atoms with E-state index in [1.165, 1.54) is 10.5 Å². The molecule has 4 nitrogen and oxygen atoms in total. The molecule has 0 unspecified atom stereocenters. The highest BCUT2D eigenvalue weighted by Gasteiger charge is 2.38. The molecule has 0 aliphatic heterocycles. The number of rotatable bonds is 5. The molecule has 0 atom stereocenters. The fourth-order valence-electron chi connectivity index (χ4n) is 3.35. The molecule has 148 valence electrons. The Bertz CT molecular complexity index is 1020. The lowest BCUT2D eigenvalue weighted by molar-refractivity contribution is -0.136. The molecule has 1 saturated carbocycles. The zero-order chi connectivity index (χ0) is 20.1. The van der Waals surface area contributed by atoms with Crippen LogP contribution in [0.3, 0.4) is 0 Å². The summed E-state index contributed by atoms with van der Waals surface area (Å²) in [6.07, 6.45) is -0.114. The monoisotopic (exact) mass is 408 g/mol. The number of aromatic nitrogens is 3. The first-order valence-corrected chi connectivity index (χ1v) is 9.62. The standard InChI is InChI=1S/C20H20ClF3N4/c1-11(2)25-16-6-5-13(10-15(16)21)14-7-8-28-17(9-12-3-4-12)26-27-19(28)18(14)20(22,23)24/h5-8,10-12,25H,3-4,9H2,1-2H3. The molecule has 1 fully saturated rings. The van der Waals surface area contributed by atoms with E-state index in [4.69, 9.17) is 11.6 Å². The minimum absolute atomic E-state index is 0.0448. The first-order chi connectivity index (χ1) is 13.2. The van der Waals surface area contributed by atoms with Gasteiger partial charge in [-0.1, -0.05) is 17.7 Å². The molecule has 4 rings (SSSR count). The van der Waals surface area contributed by atoms with Crippen molar-refractivity contribution in [2.45, 2.75) is 45.3 Å². The Morgan fingerprint density at radius 2 is 1.96 bits per heavy atom. The summed E-state index contributed by atoms with van der Waals surface area (Å²) in [4.78, 5) is 0. The lowest BCUT2D eigenvalue weighted by Gasteiger charge is -2.16. The Morgan fingerprint density at radius 3 is 2.57 bits per heavy atom. The predicted molar refractivity (Wildman–Crippen MR) is 104 cm³/mol. The second-order valence-electron chi connectivity index (χ2n) is 7.55. The first kappa shape index (κ1) is 19.1. The fourth-order valence-corrected chi connectivity index (χ4v) is 3.59. The Hall–Kier alpha value is -2.28. The fraction of sp³-hybridized carbons (Fsp3) is 0.400. The van der Waals surface area contributed by atoms with Gasteiger partial charge in [-0.25, -0.2) is 0 Å². The normalized spacial score (nSPS) is 14.8. The molecule has 1 N–H and O–H groups in total. The molecule has 2 heterocycles. The average molecular weight is 409 g/mol. The highest BCUT2D eigenvalue weighted by Crippen LogP contribution is 2.41. The van der Waals surface area contributed by atoms with Crippen molar-refractivity contribution in [3.8, 4) is 11.1 Å². The minimum atomic E-state index is -4.57. The molecule has 8 heteroatoms. The molecule has 0 spiro atoms. The molecule has 1 aliphatic carbocycles. The molecule has 0 bridgehead atoms. The average Bonchev–Trinajstić information content (AvgIpc) is 3.33. The molecular weight excluding hydrogens is 389 g/mol. The van der Waals surface area contributed by atoms with Crippen LogP contribution in [0.2, 0.25) is 5.02 Å². The maximum absolute atomic E-state index is 14.0. The van der Waals surface area contributed by atoms with Crippen molar-refractivity contribution in [3.05, 3.63) is 46.9 Å². The van der Waals surface area contributed by atoms with Gasteiger partial charge in [0.15, 0.2) is 5.65 Å². The van der Waals surface area contributed by atoms with Gasteiger partial charge in [0.05, 0.1) is 10.7 Å². The third-order valence-electron chi connectivity index (χ3n) is 4.83. The lowest BCUT2D eigenvalue weighted by atomic mass is 10.00. The second kappa shape index (κ2) is 6.95. The van der Waals surface area contributed by atoms with Gasteiger partial charge in [-0.3, -0.25) is 4.40 Å². The Balaban J connectivity index is 1.83. The molecule has 0 radical (unpaired) electrons. The van der Waals surface area contributed by atoms with Crippen molar-refractivity contribution in [1.82, 2.24) is 14.6 Å². The predicted octanol–water partition coefficient (Wildman–Crippen LogP) is 5.84. The van der Waals surface area contributed by atoms with Crippen molar-refractivity contribution < 1.29 is 13.2 Å². The Morgan fingerprint density at radius 1 is 1.21 bits per heavy atom. The van der Waals surface area contributed by atoms with Crippen LogP contribution >= 0.6 is 11.6 Å². The van der Waals surface area contributed by atoms with Crippen LogP contribution in [0, 0.1) is 5.92 Å². The van der Waals surface area contributed by atoms with Gasteiger partial charge in [0.1, 0.15) is 11.4 Å². The van der Waals surface area contributed by atoms with Crippen molar-refractivity contribution in [1.29, 1.82) is 0 Å². The van der Waals surface area contributed by atoms with Crippen molar-refractivity contribution in [2.75, 3.05) is 5.32 Å². The van der Waals surface area contributed by atoms with Crippen LogP contribution in [0.4, 0.5) is 18.9 Å². The van der Waals surface area contributed by atoms with E-state index in [0.29, 0.717) is 34.4 Å². The summed E-state index contributed by atoms with van der Waals surface area (Å²) in [6, 6.07) is 6.51. The van der Waals surface area contributed by atoms with E-state index in [-0.39, 0.29) is 17.3 Å². The van der Waals surface area contributed by atoms with Gasteiger partial charge >= 0.3 is 6.18 Å². The van der Waals surface area contributed by atoms with E-state index in [1.807, 2.05) is 13.8 Å². The number of hydrogen-bond acceptors (Lipinski definition) is 3. The van der Waals surface area contributed by atoms with Crippen LogP contribution in [-0.2, 0) is 12.6 Å². The number of fused-ring (bicyclic) bond motifs is 1. The molecule has 0 saturated heterocycles. The Kier molecular flexibility index (Phi) is 4.73. The summed E-state index contributed by atoms with van der Waals surface area (Å²) >= 11 is 6.30. The van der Waals surface area contributed by atoms with Crippen LogP contribution in [0.1, 0.15) is 38.1 Å². The van der Waals surface area contributed by atoms with Crippen LogP contribution in [0.5, 0.6) is 0 Å². The largest absolute Gasteiger partial charge is 0.420 e.